The summed E-state index contributed by atoms with van der Waals surface area (Å²) in [5.41, 5.74) is 2.30. The Labute approximate surface area is 121 Å². The summed E-state index contributed by atoms with van der Waals surface area (Å²) in [4.78, 5) is 2.33. The van der Waals surface area contributed by atoms with Gasteiger partial charge in [-0.05, 0) is 33.0 Å². The maximum atomic E-state index is 4.39. The van der Waals surface area contributed by atoms with E-state index in [1.54, 1.807) is 0 Å². The molecule has 1 aromatic carbocycles. The number of hydrogen-bond donors (Lipinski definition) is 1. The molecule has 0 saturated carbocycles. The van der Waals surface area contributed by atoms with E-state index in [0.717, 1.165) is 25.3 Å². The molecule has 2 rings (SSSR count). The van der Waals surface area contributed by atoms with Gasteiger partial charge in [-0.2, -0.15) is 5.10 Å². The summed E-state index contributed by atoms with van der Waals surface area (Å²) in [6, 6.07) is 10.8. The minimum atomic E-state index is 0.595. The molecule has 0 radical (unpaired) electrons. The second-order valence-electron chi connectivity index (χ2n) is 5.38. The average molecular weight is 272 g/mol. The van der Waals surface area contributed by atoms with Gasteiger partial charge in [-0.25, -0.2) is 4.68 Å². The molecule has 1 heterocycles. The number of nitrogens with zero attached hydrogens (tertiary/aromatic N) is 3. The molecular weight excluding hydrogens is 248 g/mol. The second kappa shape index (κ2) is 7.22. The zero-order valence-electron chi connectivity index (χ0n) is 12.6. The lowest BCUT2D eigenvalue weighted by Crippen LogP contribution is -2.33. The third-order valence-corrected chi connectivity index (χ3v) is 3.51. The van der Waals surface area contributed by atoms with E-state index in [-0.39, 0.29) is 0 Å². The van der Waals surface area contributed by atoms with Crippen molar-refractivity contribution in [1.29, 1.82) is 0 Å². The van der Waals surface area contributed by atoms with Crippen LogP contribution in [-0.4, -0.2) is 40.9 Å². The molecule has 0 fully saturated rings. The number of para-hydroxylation sites is 1. The summed E-state index contributed by atoms with van der Waals surface area (Å²) < 4.78 is 1.91. The van der Waals surface area contributed by atoms with Gasteiger partial charge in [0.1, 0.15) is 0 Å². The molecular formula is C16H24N4. The van der Waals surface area contributed by atoms with E-state index >= 15 is 0 Å². The Balaban J connectivity index is 1.79. The smallest absolute Gasteiger partial charge is 0.0645 e. The minimum Gasteiger partial charge on any atom is -0.311 e. The van der Waals surface area contributed by atoms with E-state index in [4.69, 9.17) is 0 Å². The fourth-order valence-corrected chi connectivity index (χ4v) is 1.92. The molecule has 1 N–H and O–H groups in total. The summed E-state index contributed by atoms with van der Waals surface area (Å²) in [6.07, 6.45) is 4.00. The van der Waals surface area contributed by atoms with Crippen LogP contribution in [0.2, 0.25) is 0 Å². The van der Waals surface area contributed by atoms with Gasteiger partial charge in [-0.15, -0.1) is 0 Å². The third kappa shape index (κ3) is 4.18. The van der Waals surface area contributed by atoms with Crippen LogP contribution in [0, 0.1) is 0 Å². The first-order valence-corrected chi connectivity index (χ1v) is 7.17. The highest BCUT2D eigenvalue weighted by atomic mass is 15.3. The summed E-state index contributed by atoms with van der Waals surface area (Å²) in [7, 11) is 2.15. The monoisotopic (exact) mass is 272 g/mol. The predicted octanol–water partition coefficient (Wildman–Crippen LogP) is 2.30. The molecule has 0 atom stereocenters. The molecule has 2 aromatic rings. The lowest BCUT2D eigenvalue weighted by atomic mass is 10.3. The van der Waals surface area contributed by atoms with E-state index in [1.807, 2.05) is 29.1 Å². The molecule has 108 valence electrons. The van der Waals surface area contributed by atoms with Crippen molar-refractivity contribution >= 4 is 0 Å². The number of aromatic nitrogens is 2. The van der Waals surface area contributed by atoms with Crippen LogP contribution in [0.25, 0.3) is 5.69 Å². The first-order chi connectivity index (χ1) is 9.66. The van der Waals surface area contributed by atoms with Crippen molar-refractivity contribution in [3.05, 3.63) is 48.3 Å². The maximum Gasteiger partial charge on any atom is 0.0645 e. The van der Waals surface area contributed by atoms with Gasteiger partial charge in [0.25, 0.3) is 0 Å². The summed E-state index contributed by atoms with van der Waals surface area (Å²) in [5, 5.41) is 7.85. The summed E-state index contributed by atoms with van der Waals surface area (Å²) >= 11 is 0. The SMILES string of the molecule is CC(C)N(C)CCNCc1cnn(-c2ccccc2)c1. The molecule has 1 aromatic heterocycles. The Bertz CT molecular complexity index is 504. The first kappa shape index (κ1) is 14.8. The van der Waals surface area contributed by atoms with Crippen LogP contribution in [0.5, 0.6) is 0 Å². The van der Waals surface area contributed by atoms with Crippen LogP contribution in [0.3, 0.4) is 0 Å². The highest BCUT2D eigenvalue weighted by Gasteiger charge is 2.03. The molecule has 0 amide bonds. The fourth-order valence-electron chi connectivity index (χ4n) is 1.92. The van der Waals surface area contributed by atoms with Crippen LogP contribution in [0.15, 0.2) is 42.7 Å². The number of nitrogens with one attached hydrogen (secondary N) is 1. The van der Waals surface area contributed by atoms with E-state index in [9.17, 15) is 0 Å². The van der Waals surface area contributed by atoms with E-state index in [2.05, 4.69) is 54.5 Å². The molecule has 0 unspecified atom stereocenters. The van der Waals surface area contributed by atoms with Gasteiger partial charge >= 0.3 is 0 Å². The van der Waals surface area contributed by atoms with Gasteiger partial charge in [0.05, 0.1) is 11.9 Å². The Morgan fingerprint density at radius 1 is 1.25 bits per heavy atom. The largest absolute Gasteiger partial charge is 0.311 e. The van der Waals surface area contributed by atoms with Crippen LogP contribution in [0.1, 0.15) is 19.4 Å². The molecule has 0 aliphatic carbocycles. The maximum absolute atomic E-state index is 4.39. The highest BCUT2D eigenvalue weighted by Crippen LogP contribution is 2.07. The van der Waals surface area contributed by atoms with Crippen molar-refractivity contribution in [2.45, 2.75) is 26.4 Å². The van der Waals surface area contributed by atoms with E-state index in [0.29, 0.717) is 6.04 Å². The van der Waals surface area contributed by atoms with Gasteiger partial charge in [0, 0.05) is 37.4 Å². The Morgan fingerprint density at radius 3 is 2.70 bits per heavy atom. The average Bonchev–Trinajstić information content (AvgIpc) is 2.93. The normalized spacial score (nSPS) is 11.4. The van der Waals surface area contributed by atoms with Crippen LogP contribution in [0.4, 0.5) is 0 Å². The Morgan fingerprint density at radius 2 is 2.00 bits per heavy atom. The number of rotatable bonds is 7. The first-order valence-electron chi connectivity index (χ1n) is 7.17. The fraction of sp³-hybridized carbons (Fsp3) is 0.438. The lowest BCUT2D eigenvalue weighted by Gasteiger charge is -2.20. The third-order valence-electron chi connectivity index (χ3n) is 3.51. The topological polar surface area (TPSA) is 33.1 Å². The number of benzene rings is 1. The lowest BCUT2D eigenvalue weighted by molar-refractivity contribution is 0.273. The predicted molar refractivity (Wildman–Crippen MR) is 83.0 cm³/mol. The molecule has 0 aliphatic heterocycles. The van der Waals surface area contributed by atoms with Crippen LogP contribution >= 0.6 is 0 Å². The quantitative estimate of drug-likeness (QED) is 0.785. The molecule has 0 bridgehead atoms. The van der Waals surface area contributed by atoms with Crippen molar-refractivity contribution in [1.82, 2.24) is 20.0 Å². The zero-order valence-corrected chi connectivity index (χ0v) is 12.6. The van der Waals surface area contributed by atoms with Gasteiger partial charge in [-0.1, -0.05) is 18.2 Å². The molecule has 20 heavy (non-hydrogen) atoms. The van der Waals surface area contributed by atoms with Gasteiger partial charge < -0.3 is 10.2 Å². The number of likely N-dealkylation sites (N-methyl/N-ethyl adjacent to an activating group) is 1. The second-order valence-corrected chi connectivity index (χ2v) is 5.38. The highest BCUT2D eigenvalue weighted by molar-refractivity contribution is 5.30. The van der Waals surface area contributed by atoms with Crippen LogP contribution in [-0.2, 0) is 6.54 Å². The zero-order chi connectivity index (χ0) is 14.4. The van der Waals surface area contributed by atoms with E-state index < -0.39 is 0 Å². The van der Waals surface area contributed by atoms with Gasteiger partial charge in [0.15, 0.2) is 0 Å². The summed E-state index contributed by atoms with van der Waals surface area (Å²) in [5.74, 6) is 0. The van der Waals surface area contributed by atoms with Gasteiger partial charge in [-0.3, -0.25) is 0 Å². The standard InChI is InChI=1S/C16H24N4/c1-14(2)19(3)10-9-17-11-15-12-18-20(13-15)16-7-5-4-6-8-16/h4-8,12-14,17H,9-11H2,1-3H3. The minimum absolute atomic E-state index is 0.595. The Hall–Kier alpha value is -1.65. The molecule has 4 nitrogen and oxygen atoms in total. The Kier molecular flexibility index (Phi) is 5.32. The van der Waals surface area contributed by atoms with E-state index in [1.165, 1.54) is 5.56 Å². The van der Waals surface area contributed by atoms with Crippen LogP contribution < -0.4 is 5.32 Å². The van der Waals surface area contributed by atoms with Crippen molar-refractivity contribution in [3.63, 3.8) is 0 Å². The number of hydrogen-bond acceptors (Lipinski definition) is 3. The van der Waals surface area contributed by atoms with Crippen molar-refractivity contribution < 1.29 is 0 Å². The van der Waals surface area contributed by atoms with Crippen molar-refractivity contribution in [2.75, 3.05) is 20.1 Å². The molecule has 4 heteroatoms. The molecule has 0 aliphatic rings. The summed E-state index contributed by atoms with van der Waals surface area (Å²) in [6.45, 7) is 7.34. The molecule has 0 spiro atoms. The van der Waals surface area contributed by atoms with Crippen molar-refractivity contribution in [3.8, 4) is 5.69 Å². The van der Waals surface area contributed by atoms with Gasteiger partial charge in [0.2, 0.25) is 0 Å². The van der Waals surface area contributed by atoms with Crippen molar-refractivity contribution in [2.24, 2.45) is 0 Å². The molecule has 0 saturated heterocycles.